The van der Waals surface area contributed by atoms with Gasteiger partial charge in [0.05, 0.1) is 13.8 Å². The summed E-state index contributed by atoms with van der Waals surface area (Å²) >= 11 is 0. The van der Waals surface area contributed by atoms with Gasteiger partial charge in [-0.2, -0.15) is 0 Å². The first-order valence-electron chi connectivity index (χ1n) is 9.21. The number of hydrogen-bond acceptors (Lipinski definition) is 1. The topological polar surface area (TPSA) is 9.23 Å². The van der Waals surface area contributed by atoms with Gasteiger partial charge < -0.3 is 4.74 Å². The van der Waals surface area contributed by atoms with E-state index in [0.29, 0.717) is 17.6 Å². The number of rotatable bonds is 7. The van der Waals surface area contributed by atoms with Crippen LogP contribution in [0.25, 0.3) is 5.57 Å². The van der Waals surface area contributed by atoms with Gasteiger partial charge in [-0.3, -0.25) is 0 Å². The minimum Gasteiger partial charge on any atom is -0.381 e. The summed E-state index contributed by atoms with van der Waals surface area (Å²) in [6.45, 7) is 7.16. The normalized spacial score (nSPS) is 24.5. The van der Waals surface area contributed by atoms with Crippen molar-refractivity contribution in [3.8, 4) is 0 Å². The fraction of sp³-hybridized carbons (Fsp3) is 0.524. The highest BCUT2D eigenvalue weighted by Crippen LogP contribution is 2.52. The molecule has 3 rings (SSSR count). The Morgan fingerprint density at radius 3 is 2.17 bits per heavy atom. The standard InChI is InChI=1S/C21H30OSi/c1-5-23(6-2,7-3)21(22-4)20-18-14-13-17(15-18)19(20)16-11-9-8-10-12-16/h8-14,17-18,21H,5-7,15H2,1-4H3/t17-,18+,21?/m0/s1. The smallest absolute Gasteiger partial charge is 0.0921 e. The van der Waals surface area contributed by atoms with E-state index in [0.717, 1.165) is 0 Å². The minimum atomic E-state index is -1.44. The quantitative estimate of drug-likeness (QED) is 0.461. The Labute approximate surface area is 142 Å². The molecule has 0 aliphatic heterocycles. The van der Waals surface area contributed by atoms with E-state index in [2.05, 4.69) is 63.3 Å². The van der Waals surface area contributed by atoms with E-state index in [9.17, 15) is 0 Å². The lowest BCUT2D eigenvalue weighted by atomic mass is 9.91. The van der Waals surface area contributed by atoms with Crippen LogP contribution >= 0.6 is 0 Å². The molecule has 1 nitrogen and oxygen atoms in total. The summed E-state index contributed by atoms with van der Waals surface area (Å²) in [6, 6.07) is 14.9. The second-order valence-corrected chi connectivity index (χ2v) is 12.5. The Bertz CT molecular complexity index is 589. The lowest BCUT2D eigenvalue weighted by Gasteiger charge is -2.39. The zero-order valence-corrected chi connectivity index (χ0v) is 16.0. The third kappa shape index (κ3) is 2.66. The molecule has 23 heavy (non-hydrogen) atoms. The highest BCUT2D eigenvalue weighted by atomic mass is 28.3. The molecule has 2 bridgehead atoms. The molecule has 124 valence electrons. The van der Waals surface area contributed by atoms with Gasteiger partial charge in [-0.1, -0.05) is 81.4 Å². The molecular formula is C21H30OSi. The third-order valence-corrected chi connectivity index (χ3v) is 12.3. The van der Waals surface area contributed by atoms with E-state index in [-0.39, 0.29) is 0 Å². The maximum atomic E-state index is 6.25. The summed E-state index contributed by atoms with van der Waals surface area (Å²) in [5.41, 5.74) is 4.99. The van der Waals surface area contributed by atoms with Gasteiger partial charge in [0.25, 0.3) is 0 Å². The van der Waals surface area contributed by atoms with Gasteiger partial charge in [0, 0.05) is 18.9 Å². The van der Waals surface area contributed by atoms with Gasteiger partial charge in [-0.15, -0.1) is 0 Å². The lowest BCUT2D eigenvalue weighted by molar-refractivity contribution is 0.177. The van der Waals surface area contributed by atoms with E-state index >= 15 is 0 Å². The van der Waals surface area contributed by atoms with Gasteiger partial charge in [-0.25, -0.2) is 0 Å². The first-order valence-corrected chi connectivity index (χ1v) is 11.9. The molecule has 2 aliphatic carbocycles. The molecule has 0 N–H and O–H groups in total. The van der Waals surface area contributed by atoms with Crippen LogP contribution in [0.15, 0.2) is 48.1 Å². The largest absolute Gasteiger partial charge is 0.381 e. The van der Waals surface area contributed by atoms with Crippen molar-refractivity contribution in [1.82, 2.24) is 0 Å². The fourth-order valence-corrected chi connectivity index (χ4v) is 9.05. The number of allylic oxidation sites excluding steroid dienone is 3. The number of methoxy groups -OCH3 is 1. The van der Waals surface area contributed by atoms with Crippen molar-refractivity contribution in [3.05, 3.63) is 53.6 Å². The highest BCUT2D eigenvalue weighted by molar-refractivity contribution is 6.81. The molecule has 1 aromatic carbocycles. The molecule has 2 heteroatoms. The lowest BCUT2D eigenvalue weighted by Crippen LogP contribution is -2.49. The molecule has 0 saturated heterocycles. The van der Waals surface area contributed by atoms with Crippen LogP contribution < -0.4 is 0 Å². The Morgan fingerprint density at radius 1 is 1.00 bits per heavy atom. The first kappa shape index (κ1) is 16.7. The minimum absolute atomic E-state index is 0.373. The molecule has 0 amide bonds. The van der Waals surface area contributed by atoms with Crippen LogP contribution in [-0.2, 0) is 4.74 Å². The summed E-state index contributed by atoms with van der Waals surface area (Å²) in [7, 11) is 0.505. The summed E-state index contributed by atoms with van der Waals surface area (Å²) in [4.78, 5) is 0. The molecule has 0 radical (unpaired) electrons. The molecule has 3 atom stereocenters. The van der Waals surface area contributed by atoms with Crippen molar-refractivity contribution in [1.29, 1.82) is 0 Å². The predicted octanol–water partition coefficient (Wildman–Crippen LogP) is 5.71. The average Bonchev–Trinajstić information content (AvgIpc) is 3.22. The van der Waals surface area contributed by atoms with Gasteiger partial charge in [0.2, 0.25) is 0 Å². The summed E-state index contributed by atoms with van der Waals surface area (Å²) in [6.07, 6.45) is 6.13. The Kier molecular flexibility index (Phi) is 4.93. The molecule has 1 aromatic rings. The van der Waals surface area contributed by atoms with Crippen LogP contribution in [0.4, 0.5) is 0 Å². The van der Waals surface area contributed by atoms with E-state index < -0.39 is 8.07 Å². The molecule has 1 unspecified atom stereocenters. The molecule has 0 spiro atoms. The van der Waals surface area contributed by atoms with Gasteiger partial charge >= 0.3 is 0 Å². The summed E-state index contributed by atoms with van der Waals surface area (Å²) < 4.78 is 6.25. The predicted molar refractivity (Wildman–Crippen MR) is 102 cm³/mol. The number of benzene rings is 1. The second-order valence-electron chi connectivity index (χ2n) is 7.11. The zero-order valence-electron chi connectivity index (χ0n) is 15.0. The fourth-order valence-electron chi connectivity index (χ4n) is 4.90. The maximum absolute atomic E-state index is 6.25. The number of fused-ring (bicyclic) bond motifs is 2. The van der Waals surface area contributed by atoms with Crippen molar-refractivity contribution in [2.45, 2.75) is 51.1 Å². The Balaban J connectivity index is 2.11. The number of hydrogen-bond donors (Lipinski definition) is 0. The molecule has 0 saturated carbocycles. The van der Waals surface area contributed by atoms with Gasteiger partial charge in [-0.05, 0) is 23.1 Å². The van der Waals surface area contributed by atoms with Crippen LogP contribution in [0.5, 0.6) is 0 Å². The molecule has 0 aromatic heterocycles. The Hall–Kier alpha value is -1.12. The summed E-state index contributed by atoms with van der Waals surface area (Å²) in [5, 5.41) is 0. The average molecular weight is 327 g/mol. The molecule has 0 fully saturated rings. The van der Waals surface area contributed by atoms with E-state index in [1.165, 1.54) is 30.1 Å². The molecular weight excluding hydrogens is 296 g/mol. The second kappa shape index (κ2) is 6.78. The van der Waals surface area contributed by atoms with Crippen molar-refractivity contribution < 1.29 is 4.74 Å². The van der Waals surface area contributed by atoms with Crippen LogP contribution in [0.3, 0.4) is 0 Å². The molecule has 0 heterocycles. The van der Waals surface area contributed by atoms with Gasteiger partial charge in [0.15, 0.2) is 0 Å². The third-order valence-electron chi connectivity index (χ3n) is 6.44. The monoisotopic (exact) mass is 326 g/mol. The van der Waals surface area contributed by atoms with Crippen LogP contribution in [0, 0.1) is 11.8 Å². The number of ether oxygens (including phenoxy) is 1. The maximum Gasteiger partial charge on any atom is 0.0921 e. The van der Waals surface area contributed by atoms with Crippen molar-refractivity contribution >= 4 is 13.6 Å². The Morgan fingerprint density at radius 2 is 1.61 bits per heavy atom. The van der Waals surface area contributed by atoms with Crippen molar-refractivity contribution in [2.24, 2.45) is 11.8 Å². The van der Waals surface area contributed by atoms with E-state index in [1.807, 2.05) is 7.11 Å². The van der Waals surface area contributed by atoms with Crippen molar-refractivity contribution in [2.75, 3.05) is 7.11 Å². The SMILES string of the molecule is CC[Si](CC)(CC)C(OC)C1=C(c2ccccc2)[C@H]2C=C[C@@H]1C2. The van der Waals surface area contributed by atoms with Crippen molar-refractivity contribution in [3.63, 3.8) is 0 Å². The molecule has 2 aliphatic rings. The van der Waals surface area contributed by atoms with Crippen LogP contribution in [-0.4, -0.2) is 20.9 Å². The van der Waals surface area contributed by atoms with E-state index in [1.54, 1.807) is 11.1 Å². The zero-order chi connectivity index (χ0) is 16.4. The summed E-state index contributed by atoms with van der Waals surface area (Å²) in [5.74, 6) is 1.21. The van der Waals surface area contributed by atoms with E-state index in [4.69, 9.17) is 4.74 Å². The van der Waals surface area contributed by atoms with Crippen LogP contribution in [0.2, 0.25) is 18.1 Å². The first-order chi connectivity index (χ1) is 11.2. The van der Waals surface area contributed by atoms with Gasteiger partial charge in [0.1, 0.15) is 0 Å². The van der Waals surface area contributed by atoms with Crippen LogP contribution in [0.1, 0.15) is 32.8 Å². The highest BCUT2D eigenvalue weighted by Gasteiger charge is 2.46.